The van der Waals surface area contributed by atoms with E-state index in [0.717, 1.165) is 0 Å². The Labute approximate surface area is 55.6 Å². The van der Waals surface area contributed by atoms with E-state index in [-0.39, 0.29) is 0 Å². The molecule has 0 saturated heterocycles. The molecule has 0 aliphatic rings. The topological polar surface area (TPSA) is 65.0 Å². The van der Waals surface area contributed by atoms with Gasteiger partial charge in [0.05, 0.1) is 11.8 Å². The molecule has 0 atom stereocenters. The second kappa shape index (κ2) is 1.94. The van der Waals surface area contributed by atoms with E-state index in [9.17, 15) is 0 Å². The lowest BCUT2D eigenvalue weighted by atomic mass is 10.4. The van der Waals surface area contributed by atoms with Crippen LogP contribution >= 0.6 is 0 Å². The van der Waals surface area contributed by atoms with Crippen LogP contribution in [0.25, 0.3) is 11.5 Å². The molecule has 2 rings (SSSR count). The molecule has 0 fully saturated rings. The zero-order valence-corrected chi connectivity index (χ0v) is 4.89. The maximum atomic E-state index is 4.72. The second-order valence-electron chi connectivity index (χ2n) is 1.66. The van der Waals surface area contributed by atoms with E-state index in [0.29, 0.717) is 11.5 Å². The minimum absolute atomic E-state index is 0.418. The van der Waals surface area contributed by atoms with Crippen molar-refractivity contribution >= 4 is 0 Å². The maximum Gasteiger partial charge on any atom is 0.262 e. The molecule has 0 unspecified atom stereocenters. The fraction of sp³-hybridized carbons (Fsp3) is 0. The molecule has 0 aromatic carbocycles. The summed E-state index contributed by atoms with van der Waals surface area (Å²) in [5.41, 5.74) is 0.692. The van der Waals surface area contributed by atoms with Crippen molar-refractivity contribution in [1.82, 2.24) is 15.3 Å². The molecular formula is C5H3N3O2. The van der Waals surface area contributed by atoms with Gasteiger partial charge in [-0.1, -0.05) is 10.3 Å². The van der Waals surface area contributed by atoms with Crippen LogP contribution in [0.2, 0.25) is 0 Å². The summed E-state index contributed by atoms with van der Waals surface area (Å²) >= 11 is 0. The normalized spacial score (nSPS) is 10.0. The third-order valence-electron chi connectivity index (χ3n) is 1.04. The molecule has 0 saturated carbocycles. The summed E-state index contributed by atoms with van der Waals surface area (Å²) in [5, 5.41) is 6.90. The highest BCUT2D eigenvalue weighted by atomic mass is 16.5. The Morgan fingerprint density at radius 1 is 1.30 bits per heavy atom. The first-order valence-corrected chi connectivity index (χ1v) is 2.63. The van der Waals surface area contributed by atoms with Crippen molar-refractivity contribution in [2.75, 3.05) is 0 Å². The molecule has 0 N–H and O–H groups in total. The minimum atomic E-state index is 0.418. The summed E-state index contributed by atoms with van der Waals surface area (Å²) in [4.78, 5) is 3.78. The van der Waals surface area contributed by atoms with E-state index in [2.05, 4.69) is 19.8 Å². The highest BCUT2D eigenvalue weighted by Crippen LogP contribution is 2.12. The van der Waals surface area contributed by atoms with Crippen molar-refractivity contribution in [3.8, 4) is 11.5 Å². The highest BCUT2D eigenvalue weighted by Gasteiger charge is 2.03. The van der Waals surface area contributed by atoms with Crippen molar-refractivity contribution in [3.05, 3.63) is 18.8 Å². The Bertz CT molecular complexity index is 254. The van der Waals surface area contributed by atoms with Crippen LogP contribution in [0.15, 0.2) is 27.8 Å². The predicted octanol–water partition coefficient (Wildman–Crippen LogP) is 0.725. The predicted molar refractivity (Wildman–Crippen MR) is 29.8 cm³/mol. The van der Waals surface area contributed by atoms with Gasteiger partial charge in [0.1, 0.15) is 6.26 Å². The summed E-state index contributed by atoms with van der Waals surface area (Å²) < 4.78 is 9.28. The lowest BCUT2D eigenvalue weighted by Crippen LogP contribution is -1.68. The zero-order chi connectivity index (χ0) is 6.81. The summed E-state index contributed by atoms with van der Waals surface area (Å²) in [5.74, 6) is 0.418. The smallest absolute Gasteiger partial charge is 0.262 e. The molecule has 5 nitrogen and oxygen atoms in total. The van der Waals surface area contributed by atoms with E-state index in [1.54, 1.807) is 0 Å². The van der Waals surface area contributed by atoms with Gasteiger partial charge in [0, 0.05) is 0 Å². The molecule has 0 amide bonds. The summed E-state index contributed by atoms with van der Waals surface area (Å²) in [6.07, 6.45) is 4.27. The SMILES string of the molecule is c1noc(-c2cnoc2)n1. The fourth-order valence-electron chi connectivity index (χ4n) is 0.611. The number of hydrogen-bond donors (Lipinski definition) is 0. The van der Waals surface area contributed by atoms with E-state index in [4.69, 9.17) is 4.52 Å². The van der Waals surface area contributed by atoms with Crippen molar-refractivity contribution in [1.29, 1.82) is 0 Å². The largest absolute Gasteiger partial charge is 0.364 e. The standard InChI is InChI=1S/C5H3N3O2/c1-4(2-9-7-1)5-6-3-8-10-5/h1-3H. The molecular weight excluding hydrogens is 134 g/mol. The lowest BCUT2D eigenvalue weighted by Gasteiger charge is -1.77. The molecule has 2 aromatic heterocycles. The van der Waals surface area contributed by atoms with Gasteiger partial charge in [-0.05, 0) is 0 Å². The van der Waals surface area contributed by atoms with E-state index >= 15 is 0 Å². The van der Waals surface area contributed by atoms with Crippen LogP contribution in [0.5, 0.6) is 0 Å². The Hall–Kier alpha value is -1.65. The average molecular weight is 137 g/mol. The van der Waals surface area contributed by atoms with Crippen LogP contribution in [-0.4, -0.2) is 15.3 Å². The number of hydrogen-bond acceptors (Lipinski definition) is 5. The van der Waals surface area contributed by atoms with Crippen molar-refractivity contribution < 1.29 is 9.05 Å². The lowest BCUT2D eigenvalue weighted by molar-refractivity contribution is 0.416. The van der Waals surface area contributed by atoms with Gasteiger partial charge in [-0.15, -0.1) is 0 Å². The van der Waals surface area contributed by atoms with Gasteiger partial charge in [-0.25, -0.2) is 0 Å². The van der Waals surface area contributed by atoms with Crippen molar-refractivity contribution in [2.24, 2.45) is 0 Å². The molecule has 5 heteroatoms. The van der Waals surface area contributed by atoms with Crippen LogP contribution in [0.4, 0.5) is 0 Å². The third-order valence-corrected chi connectivity index (χ3v) is 1.04. The van der Waals surface area contributed by atoms with Crippen molar-refractivity contribution in [3.63, 3.8) is 0 Å². The Morgan fingerprint density at radius 2 is 2.30 bits per heavy atom. The van der Waals surface area contributed by atoms with E-state index in [1.807, 2.05) is 0 Å². The molecule has 50 valence electrons. The maximum absolute atomic E-state index is 4.72. The quantitative estimate of drug-likeness (QED) is 0.579. The van der Waals surface area contributed by atoms with Gasteiger partial charge in [0.25, 0.3) is 5.89 Å². The summed E-state index contributed by atoms with van der Waals surface area (Å²) in [7, 11) is 0. The van der Waals surface area contributed by atoms with Gasteiger partial charge in [-0.2, -0.15) is 4.98 Å². The Kier molecular flexibility index (Phi) is 1.00. The van der Waals surface area contributed by atoms with Crippen LogP contribution in [0, 0.1) is 0 Å². The molecule has 0 radical (unpaired) electrons. The Morgan fingerprint density at radius 3 is 2.90 bits per heavy atom. The molecule has 10 heavy (non-hydrogen) atoms. The van der Waals surface area contributed by atoms with Crippen molar-refractivity contribution in [2.45, 2.75) is 0 Å². The van der Waals surface area contributed by atoms with E-state index in [1.165, 1.54) is 18.8 Å². The number of aromatic nitrogens is 3. The first kappa shape index (κ1) is 5.16. The molecule has 2 heterocycles. The summed E-state index contributed by atoms with van der Waals surface area (Å²) in [6, 6.07) is 0. The highest BCUT2D eigenvalue weighted by molar-refractivity contribution is 5.47. The zero-order valence-electron chi connectivity index (χ0n) is 4.89. The van der Waals surface area contributed by atoms with E-state index < -0.39 is 0 Å². The minimum Gasteiger partial charge on any atom is -0.364 e. The van der Waals surface area contributed by atoms with Gasteiger partial charge in [-0.3, -0.25) is 0 Å². The van der Waals surface area contributed by atoms with Crippen LogP contribution in [-0.2, 0) is 0 Å². The second-order valence-corrected chi connectivity index (χ2v) is 1.66. The van der Waals surface area contributed by atoms with Gasteiger partial charge >= 0.3 is 0 Å². The number of nitrogens with zero attached hydrogens (tertiary/aromatic N) is 3. The Balaban J connectivity index is 2.48. The molecule has 0 bridgehead atoms. The molecule has 0 aliphatic heterocycles. The summed E-state index contributed by atoms with van der Waals surface area (Å²) in [6.45, 7) is 0. The monoisotopic (exact) mass is 137 g/mol. The van der Waals surface area contributed by atoms with Crippen LogP contribution in [0.3, 0.4) is 0 Å². The van der Waals surface area contributed by atoms with Crippen LogP contribution < -0.4 is 0 Å². The molecule has 0 spiro atoms. The molecule has 0 aliphatic carbocycles. The first-order chi connectivity index (χ1) is 4.97. The van der Waals surface area contributed by atoms with Crippen LogP contribution in [0.1, 0.15) is 0 Å². The fourth-order valence-corrected chi connectivity index (χ4v) is 0.611. The van der Waals surface area contributed by atoms with Gasteiger partial charge < -0.3 is 9.05 Å². The first-order valence-electron chi connectivity index (χ1n) is 2.63. The third kappa shape index (κ3) is 0.680. The average Bonchev–Trinajstić information content (AvgIpc) is 2.59. The van der Waals surface area contributed by atoms with Gasteiger partial charge in [0.15, 0.2) is 6.33 Å². The molecule has 2 aromatic rings. The number of rotatable bonds is 1. The van der Waals surface area contributed by atoms with Gasteiger partial charge in [0.2, 0.25) is 0 Å².